The van der Waals surface area contributed by atoms with E-state index in [-0.39, 0.29) is 24.4 Å². The van der Waals surface area contributed by atoms with Crippen LogP contribution in [0.25, 0.3) is 0 Å². The summed E-state index contributed by atoms with van der Waals surface area (Å²) in [5.41, 5.74) is 4.99. The number of nitrogens with one attached hydrogen (secondary N) is 3. The monoisotopic (exact) mass is 398 g/mol. The summed E-state index contributed by atoms with van der Waals surface area (Å²) in [6.07, 6.45) is 0. The van der Waals surface area contributed by atoms with E-state index >= 15 is 0 Å². The van der Waals surface area contributed by atoms with Gasteiger partial charge in [0.2, 0.25) is 5.91 Å². The van der Waals surface area contributed by atoms with Gasteiger partial charge in [0.1, 0.15) is 12.3 Å². The minimum atomic E-state index is -0.312. The summed E-state index contributed by atoms with van der Waals surface area (Å²) < 4.78 is 5.43. The van der Waals surface area contributed by atoms with Crippen molar-refractivity contribution in [2.24, 2.45) is 0 Å². The van der Waals surface area contributed by atoms with Crippen LogP contribution in [0.4, 0.5) is 5.69 Å². The Morgan fingerprint density at radius 3 is 2.38 bits per heavy atom. The van der Waals surface area contributed by atoms with Gasteiger partial charge in [0.15, 0.2) is 6.04 Å². The summed E-state index contributed by atoms with van der Waals surface area (Å²) in [6, 6.07) is 11.6. The Bertz CT molecular complexity index is 859. The van der Waals surface area contributed by atoms with E-state index in [2.05, 4.69) is 16.7 Å². The first-order chi connectivity index (χ1) is 13.7. The number of rotatable bonds is 8. The second-order valence-electron chi connectivity index (χ2n) is 7.59. The molecule has 0 saturated carbocycles. The second kappa shape index (κ2) is 10.1. The number of ether oxygens (including phenoxy) is 1. The number of carbonyl (C=O) groups excluding carboxylic acids is 2. The fourth-order valence-electron chi connectivity index (χ4n) is 3.24. The van der Waals surface area contributed by atoms with Crippen molar-refractivity contribution < 1.29 is 19.2 Å². The molecule has 0 aliphatic heterocycles. The maximum atomic E-state index is 12.5. The van der Waals surface area contributed by atoms with E-state index in [9.17, 15) is 9.59 Å². The summed E-state index contributed by atoms with van der Waals surface area (Å²) in [5.74, 6) is 0.419. The lowest BCUT2D eigenvalue weighted by atomic mass is 10.1. The number of benzene rings is 2. The van der Waals surface area contributed by atoms with Gasteiger partial charge < -0.3 is 20.3 Å². The molecule has 0 bridgehead atoms. The predicted octanol–water partition coefficient (Wildman–Crippen LogP) is 1.78. The molecule has 0 aliphatic rings. The number of amides is 2. The van der Waals surface area contributed by atoms with E-state index < -0.39 is 0 Å². The molecule has 3 N–H and O–H groups in total. The van der Waals surface area contributed by atoms with Gasteiger partial charge in [0.05, 0.1) is 20.7 Å². The van der Waals surface area contributed by atoms with E-state index in [1.54, 1.807) is 7.11 Å². The summed E-state index contributed by atoms with van der Waals surface area (Å²) in [5, 5.41) is 5.63. The van der Waals surface area contributed by atoms with Crippen LogP contribution in [0.3, 0.4) is 0 Å². The molecular weight excluding hydrogens is 366 g/mol. The normalized spacial score (nSPS) is 12.8. The standard InChI is InChI=1S/C23H31N3O3/c1-15-10-11-20(29-6)19(12-15)14-26(5)18(4)23(28)24-13-21(27)25-22-16(2)8-7-9-17(22)3/h7-12,18H,13-14H2,1-6H3,(H,24,28)(H,25,27)/p+1/t18-/m0/s1. The number of quaternary nitrogens is 1. The SMILES string of the molecule is COc1ccc(C)cc1C[NH+](C)[C@@H](C)C(=O)NCC(=O)Nc1c(C)cccc1C. The van der Waals surface area contributed by atoms with Gasteiger partial charge in [0, 0.05) is 11.3 Å². The first-order valence-corrected chi connectivity index (χ1v) is 9.82. The molecule has 0 heterocycles. The van der Waals surface area contributed by atoms with E-state index in [4.69, 9.17) is 4.74 Å². The van der Waals surface area contributed by atoms with Crippen LogP contribution in [0.5, 0.6) is 5.75 Å². The third kappa shape index (κ3) is 6.06. The maximum Gasteiger partial charge on any atom is 0.278 e. The summed E-state index contributed by atoms with van der Waals surface area (Å²) in [6.45, 7) is 8.37. The van der Waals surface area contributed by atoms with Crippen molar-refractivity contribution >= 4 is 17.5 Å². The third-order valence-electron chi connectivity index (χ3n) is 5.21. The smallest absolute Gasteiger partial charge is 0.278 e. The fraction of sp³-hybridized carbons (Fsp3) is 0.391. The molecule has 0 spiro atoms. The average molecular weight is 399 g/mol. The molecule has 2 aromatic rings. The number of likely N-dealkylation sites (N-methyl/N-ethyl adjacent to an activating group) is 1. The van der Waals surface area contributed by atoms with Gasteiger partial charge in [-0.25, -0.2) is 0 Å². The summed E-state index contributed by atoms with van der Waals surface area (Å²) in [7, 11) is 3.61. The van der Waals surface area contributed by atoms with Gasteiger partial charge in [-0.1, -0.05) is 29.8 Å². The van der Waals surface area contributed by atoms with E-state index in [1.807, 2.05) is 65.1 Å². The molecule has 2 atom stereocenters. The Balaban J connectivity index is 1.91. The predicted molar refractivity (Wildman–Crippen MR) is 115 cm³/mol. The number of methoxy groups -OCH3 is 1. The highest BCUT2D eigenvalue weighted by Crippen LogP contribution is 2.19. The fourth-order valence-corrected chi connectivity index (χ4v) is 3.24. The van der Waals surface area contributed by atoms with Crippen LogP contribution >= 0.6 is 0 Å². The van der Waals surface area contributed by atoms with Crippen molar-refractivity contribution in [2.45, 2.75) is 40.3 Å². The van der Waals surface area contributed by atoms with Crippen molar-refractivity contribution in [1.29, 1.82) is 0 Å². The average Bonchev–Trinajstić information content (AvgIpc) is 2.68. The second-order valence-corrected chi connectivity index (χ2v) is 7.59. The van der Waals surface area contributed by atoms with E-state index in [0.717, 1.165) is 38.6 Å². The Labute approximate surface area is 173 Å². The lowest BCUT2D eigenvalue weighted by Crippen LogP contribution is -3.12. The first-order valence-electron chi connectivity index (χ1n) is 9.82. The van der Waals surface area contributed by atoms with Gasteiger partial charge in [-0.2, -0.15) is 0 Å². The first kappa shape index (κ1) is 22.4. The van der Waals surface area contributed by atoms with Gasteiger partial charge in [0.25, 0.3) is 5.91 Å². The third-order valence-corrected chi connectivity index (χ3v) is 5.21. The van der Waals surface area contributed by atoms with Crippen molar-refractivity contribution in [2.75, 3.05) is 26.0 Å². The Morgan fingerprint density at radius 1 is 1.10 bits per heavy atom. The van der Waals surface area contributed by atoms with Crippen LogP contribution in [0.15, 0.2) is 36.4 Å². The van der Waals surface area contributed by atoms with Crippen LogP contribution in [0.2, 0.25) is 0 Å². The molecule has 2 rings (SSSR count). The molecule has 156 valence electrons. The zero-order valence-electron chi connectivity index (χ0n) is 18.2. The van der Waals surface area contributed by atoms with E-state index in [0.29, 0.717) is 6.54 Å². The molecule has 29 heavy (non-hydrogen) atoms. The number of anilines is 1. The topological polar surface area (TPSA) is 71.9 Å². The lowest BCUT2D eigenvalue weighted by Gasteiger charge is -2.22. The van der Waals surface area contributed by atoms with Gasteiger partial charge in [-0.3, -0.25) is 9.59 Å². The summed E-state index contributed by atoms with van der Waals surface area (Å²) >= 11 is 0. The highest BCUT2D eigenvalue weighted by atomic mass is 16.5. The zero-order valence-corrected chi connectivity index (χ0v) is 18.2. The molecule has 0 aromatic heterocycles. The zero-order chi connectivity index (χ0) is 21.6. The molecule has 0 radical (unpaired) electrons. The molecule has 0 fully saturated rings. The van der Waals surface area contributed by atoms with Crippen LogP contribution in [-0.4, -0.2) is 38.6 Å². The van der Waals surface area contributed by atoms with Crippen molar-refractivity contribution in [3.05, 3.63) is 58.7 Å². The Hall–Kier alpha value is -2.86. The molecule has 6 heteroatoms. The highest BCUT2D eigenvalue weighted by molar-refractivity contribution is 5.96. The minimum Gasteiger partial charge on any atom is -0.496 e. The van der Waals surface area contributed by atoms with Crippen LogP contribution in [0.1, 0.15) is 29.2 Å². The number of hydrogen-bond donors (Lipinski definition) is 3. The van der Waals surface area contributed by atoms with Crippen LogP contribution in [0, 0.1) is 20.8 Å². The quantitative estimate of drug-likeness (QED) is 0.635. The van der Waals surface area contributed by atoms with Gasteiger partial charge in [-0.05, 0) is 51.0 Å². The lowest BCUT2D eigenvalue weighted by molar-refractivity contribution is -0.908. The molecular formula is C23H32N3O3+. The Kier molecular flexibility index (Phi) is 7.79. The van der Waals surface area contributed by atoms with Crippen molar-refractivity contribution in [3.8, 4) is 5.75 Å². The van der Waals surface area contributed by atoms with Crippen molar-refractivity contribution in [3.63, 3.8) is 0 Å². The molecule has 1 unspecified atom stereocenters. The minimum absolute atomic E-state index is 0.0575. The Morgan fingerprint density at radius 2 is 1.76 bits per heavy atom. The van der Waals surface area contributed by atoms with E-state index in [1.165, 1.54) is 0 Å². The highest BCUT2D eigenvalue weighted by Gasteiger charge is 2.23. The van der Waals surface area contributed by atoms with Crippen LogP contribution < -0.4 is 20.3 Å². The molecule has 0 saturated heterocycles. The number of para-hydroxylation sites is 1. The van der Waals surface area contributed by atoms with Gasteiger partial charge in [-0.15, -0.1) is 0 Å². The van der Waals surface area contributed by atoms with Crippen molar-refractivity contribution in [1.82, 2.24) is 5.32 Å². The maximum absolute atomic E-state index is 12.5. The number of aryl methyl sites for hydroxylation is 3. The van der Waals surface area contributed by atoms with Gasteiger partial charge >= 0.3 is 0 Å². The van der Waals surface area contributed by atoms with Crippen LogP contribution in [-0.2, 0) is 16.1 Å². The summed E-state index contributed by atoms with van der Waals surface area (Å²) in [4.78, 5) is 25.8. The largest absolute Gasteiger partial charge is 0.496 e. The number of hydrogen-bond acceptors (Lipinski definition) is 3. The number of carbonyl (C=O) groups is 2. The molecule has 2 aromatic carbocycles. The molecule has 0 aliphatic carbocycles. The molecule has 2 amide bonds. The molecule has 6 nitrogen and oxygen atoms in total.